The SMILES string of the molecule is COc1cc(O)c2c(=O)cc(-c3ccccc3O[C@H]3O[C@@H](CO)[C@H](O)[C@@H](O)[C@@H]3OC(=O)C=Cc3ccccc3)oc2c1OC. The standard InChI is InChI=1S/C32H30O12/c1-39-23-15-20(35)26-19(34)14-22(41-30(26)29(23)40-2)18-10-6-7-11-21(18)42-32-31(28(38)27(37)24(16-33)43-32)44-25(36)13-12-17-8-4-3-5-9-17/h3-15,24,27-28,31-33,35,37-38H,16H2,1-2H3/t24-,27-,28+,31-,32-/m0/s1. The van der Waals surface area contributed by atoms with Crippen molar-refractivity contribution in [3.05, 3.63) is 88.6 Å². The number of fused-ring (bicyclic) bond motifs is 1. The van der Waals surface area contributed by atoms with Crippen LogP contribution in [0.4, 0.5) is 0 Å². The van der Waals surface area contributed by atoms with Crippen LogP contribution in [0, 0.1) is 0 Å². The van der Waals surface area contributed by atoms with Crippen molar-refractivity contribution in [1.29, 1.82) is 0 Å². The molecule has 0 radical (unpaired) electrons. The zero-order chi connectivity index (χ0) is 31.4. The highest BCUT2D eigenvalue weighted by Gasteiger charge is 2.48. The highest BCUT2D eigenvalue weighted by atomic mass is 16.7. The third-order valence-corrected chi connectivity index (χ3v) is 7.01. The van der Waals surface area contributed by atoms with Gasteiger partial charge in [0.05, 0.1) is 26.4 Å². The summed E-state index contributed by atoms with van der Waals surface area (Å²) in [5, 5.41) is 41.5. The maximum Gasteiger partial charge on any atom is 0.331 e. The summed E-state index contributed by atoms with van der Waals surface area (Å²) in [6.07, 6.45) is -4.93. The van der Waals surface area contributed by atoms with E-state index in [1.807, 2.05) is 6.07 Å². The van der Waals surface area contributed by atoms with Crippen LogP contribution in [0.2, 0.25) is 0 Å². The molecule has 0 saturated carbocycles. The second kappa shape index (κ2) is 13.2. The zero-order valence-corrected chi connectivity index (χ0v) is 23.7. The summed E-state index contributed by atoms with van der Waals surface area (Å²) in [5.74, 6) is -0.921. The highest BCUT2D eigenvalue weighted by Crippen LogP contribution is 2.42. The average molecular weight is 607 g/mol. The number of aromatic hydroxyl groups is 1. The summed E-state index contributed by atoms with van der Waals surface area (Å²) in [7, 11) is 2.72. The molecule has 44 heavy (non-hydrogen) atoms. The predicted molar refractivity (Wildman–Crippen MR) is 156 cm³/mol. The van der Waals surface area contributed by atoms with Crippen LogP contribution in [0.3, 0.4) is 0 Å². The van der Waals surface area contributed by atoms with E-state index in [1.165, 1.54) is 32.4 Å². The summed E-state index contributed by atoms with van der Waals surface area (Å²) in [4.78, 5) is 25.8. The van der Waals surface area contributed by atoms with Gasteiger partial charge in [0.15, 0.2) is 22.9 Å². The number of methoxy groups -OCH3 is 2. The summed E-state index contributed by atoms with van der Waals surface area (Å²) >= 11 is 0. The number of para-hydroxylation sites is 1. The summed E-state index contributed by atoms with van der Waals surface area (Å²) in [6, 6.07) is 17.7. The van der Waals surface area contributed by atoms with Crippen molar-refractivity contribution >= 4 is 23.0 Å². The van der Waals surface area contributed by atoms with Gasteiger partial charge in [-0.1, -0.05) is 42.5 Å². The lowest BCUT2D eigenvalue weighted by molar-refractivity contribution is -0.281. The number of phenols is 1. The first-order chi connectivity index (χ1) is 21.2. The van der Waals surface area contributed by atoms with E-state index in [0.717, 1.165) is 17.7 Å². The number of aliphatic hydroxyl groups is 3. The number of esters is 1. The van der Waals surface area contributed by atoms with E-state index in [-0.39, 0.29) is 45.3 Å². The fourth-order valence-electron chi connectivity index (χ4n) is 4.82. The van der Waals surface area contributed by atoms with E-state index in [9.17, 15) is 30.0 Å². The average Bonchev–Trinajstić information content (AvgIpc) is 3.03. The van der Waals surface area contributed by atoms with Crippen LogP contribution >= 0.6 is 0 Å². The number of rotatable bonds is 9. The molecule has 1 fully saturated rings. The van der Waals surface area contributed by atoms with Gasteiger partial charge in [-0.05, 0) is 23.8 Å². The number of hydrogen-bond donors (Lipinski definition) is 4. The van der Waals surface area contributed by atoms with Gasteiger partial charge >= 0.3 is 5.97 Å². The molecule has 1 aliphatic rings. The van der Waals surface area contributed by atoms with Crippen LogP contribution in [-0.2, 0) is 14.3 Å². The van der Waals surface area contributed by atoms with Gasteiger partial charge in [0, 0.05) is 18.2 Å². The van der Waals surface area contributed by atoms with Crippen molar-refractivity contribution in [2.24, 2.45) is 0 Å². The molecule has 0 unspecified atom stereocenters. The second-order valence-corrected chi connectivity index (χ2v) is 9.78. The zero-order valence-electron chi connectivity index (χ0n) is 23.7. The molecule has 5 rings (SSSR count). The molecular weight excluding hydrogens is 576 g/mol. The van der Waals surface area contributed by atoms with Gasteiger partial charge in [-0.25, -0.2) is 4.79 Å². The molecule has 0 bridgehead atoms. The van der Waals surface area contributed by atoms with Gasteiger partial charge in [0.2, 0.25) is 12.0 Å². The van der Waals surface area contributed by atoms with Crippen LogP contribution in [0.5, 0.6) is 23.0 Å². The Morgan fingerprint density at radius 1 is 0.955 bits per heavy atom. The van der Waals surface area contributed by atoms with Crippen molar-refractivity contribution in [3.63, 3.8) is 0 Å². The number of carbonyl (C=O) groups excluding carboxylic acids is 1. The first-order valence-corrected chi connectivity index (χ1v) is 13.5. The third-order valence-electron chi connectivity index (χ3n) is 7.01. The molecule has 1 aliphatic heterocycles. The van der Waals surface area contributed by atoms with Gasteiger partial charge in [-0.3, -0.25) is 4.79 Å². The van der Waals surface area contributed by atoms with Crippen molar-refractivity contribution in [2.75, 3.05) is 20.8 Å². The van der Waals surface area contributed by atoms with Gasteiger partial charge in [-0.15, -0.1) is 0 Å². The highest BCUT2D eigenvalue weighted by molar-refractivity contribution is 5.92. The topological polar surface area (TPSA) is 174 Å². The van der Waals surface area contributed by atoms with E-state index in [4.69, 9.17) is 28.1 Å². The fraction of sp³-hybridized carbons (Fsp3) is 0.250. The number of carbonyl (C=O) groups is 1. The van der Waals surface area contributed by atoms with E-state index in [0.29, 0.717) is 0 Å². The molecule has 230 valence electrons. The van der Waals surface area contributed by atoms with Gasteiger partial charge in [-0.2, -0.15) is 0 Å². The normalized spacial score (nSPS) is 21.7. The number of hydrogen-bond acceptors (Lipinski definition) is 12. The Morgan fingerprint density at radius 3 is 2.39 bits per heavy atom. The third kappa shape index (κ3) is 6.10. The molecule has 3 aromatic carbocycles. The van der Waals surface area contributed by atoms with Crippen LogP contribution in [0.15, 0.2) is 82.0 Å². The summed E-state index contributed by atoms with van der Waals surface area (Å²) < 4.78 is 34.0. The Balaban J connectivity index is 1.51. The molecule has 1 aromatic heterocycles. The first kappa shape index (κ1) is 30.6. The molecule has 1 saturated heterocycles. The van der Waals surface area contributed by atoms with E-state index in [1.54, 1.807) is 42.5 Å². The van der Waals surface area contributed by atoms with E-state index < -0.39 is 48.7 Å². The number of benzene rings is 3. The predicted octanol–water partition coefficient (Wildman–Crippen LogP) is 2.63. The Morgan fingerprint density at radius 2 is 1.68 bits per heavy atom. The van der Waals surface area contributed by atoms with Crippen molar-refractivity contribution < 1.29 is 53.3 Å². The van der Waals surface area contributed by atoms with Gasteiger partial charge < -0.3 is 48.5 Å². The van der Waals surface area contributed by atoms with Crippen LogP contribution in [0.25, 0.3) is 28.4 Å². The molecule has 4 N–H and O–H groups in total. The molecule has 12 nitrogen and oxygen atoms in total. The van der Waals surface area contributed by atoms with Gasteiger partial charge in [0.25, 0.3) is 0 Å². The fourth-order valence-corrected chi connectivity index (χ4v) is 4.82. The van der Waals surface area contributed by atoms with Crippen molar-refractivity contribution in [2.45, 2.75) is 30.7 Å². The Labute approximate surface area is 250 Å². The Kier molecular flexibility index (Phi) is 9.16. The molecular formula is C32H30O12. The molecule has 0 aliphatic carbocycles. The summed E-state index contributed by atoms with van der Waals surface area (Å²) in [5.41, 5.74) is 0.312. The maximum atomic E-state index is 13.1. The van der Waals surface area contributed by atoms with Crippen LogP contribution < -0.4 is 19.6 Å². The van der Waals surface area contributed by atoms with Crippen molar-refractivity contribution in [1.82, 2.24) is 0 Å². The molecule has 0 amide bonds. The lowest BCUT2D eigenvalue weighted by Gasteiger charge is -2.41. The summed E-state index contributed by atoms with van der Waals surface area (Å²) in [6.45, 7) is -0.668. The largest absolute Gasteiger partial charge is 0.507 e. The lowest BCUT2D eigenvalue weighted by Crippen LogP contribution is -2.61. The minimum absolute atomic E-state index is 0.0125. The van der Waals surface area contributed by atoms with Crippen LogP contribution in [0.1, 0.15) is 5.56 Å². The quantitative estimate of drug-likeness (QED) is 0.162. The van der Waals surface area contributed by atoms with Crippen LogP contribution in [-0.4, -0.2) is 77.9 Å². The minimum Gasteiger partial charge on any atom is -0.507 e. The molecule has 2 heterocycles. The second-order valence-electron chi connectivity index (χ2n) is 9.78. The molecule has 12 heteroatoms. The molecule has 4 aromatic rings. The lowest BCUT2D eigenvalue weighted by atomic mass is 9.99. The number of aliphatic hydroxyl groups excluding tert-OH is 3. The van der Waals surface area contributed by atoms with Crippen molar-refractivity contribution in [3.8, 4) is 34.3 Å². The molecule has 0 spiro atoms. The number of ether oxygens (including phenoxy) is 5. The van der Waals surface area contributed by atoms with E-state index >= 15 is 0 Å². The Bertz CT molecular complexity index is 1710. The Hall–Kier alpha value is -4.88. The first-order valence-electron chi connectivity index (χ1n) is 13.5. The molecule has 5 atom stereocenters. The minimum atomic E-state index is -1.69. The van der Waals surface area contributed by atoms with E-state index in [2.05, 4.69) is 0 Å². The smallest absolute Gasteiger partial charge is 0.331 e. The monoisotopic (exact) mass is 606 g/mol. The maximum absolute atomic E-state index is 13.1. The van der Waals surface area contributed by atoms with Gasteiger partial charge in [0.1, 0.15) is 41.0 Å². The number of phenolic OH excluding ortho intramolecular Hbond substituents is 1.